The van der Waals surface area contributed by atoms with E-state index < -0.39 is 6.04 Å². The van der Waals surface area contributed by atoms with E-state index in [4.69, 9.17) is 16.3 Å². The van der Waals surface area contributed by atoms with Crippen LogP contribution in [0.25, 0.3) is 0 Å². The zero-order valence-corrected chi connectivity index (χ0v) is 20.5. The molecule has 0 saturated heterocycles. The number of nitrogens with one attached hydrogen (secondary N) is 1. The van der Waals surface area contributed by atoms with Gasteiger partial charge in [0.05, 0.1) is 0 Å². The molecule has 5 nitrogen and oxygen atoms in total. The fourth-order valence-electron chi connectivity index (χ4n) is 3.33. The molecule has 0 radical (unpaired) electrons. The van der Waals surface area contributed by atoms with Gasteiger partial charge >= 0.3 is 0 Å². The fourth-order valence-corrected chi connectivity index (χ4v) is 3.52. The Labute approximate surface area is 197 Å². The number of benzene rings is 2. The molecule has 0 fully saturated rings. The first kappa shape index (κ1) is 25.7. The molecule has 174 valence electrons. The first-order chi connectivity index (χ1) is 15.2. The number of ether oxygens (including phenoxy) is 1. The van der Waals surface area contributed by atoms with Crippen molar-refractivity contribution in [1.29, 1.82) is 0 Å². The summed E-state index contributed by atoms with van der Waals surface area (Å²) in [7, 11) is 0. The SMILES string of the molecule is CC[C@@H](C(=O)NCC(C)C)N(Cc1ccccc1Cl)C(=O)COc1ccc(C(C)C)cc1. The van der Waals surface area contributed by atoms with Crippen molar-refractivity contribution in [3.05, 3.63) is 64.7 Å². The van der Waals surface area contributed by atoms with Gasteiger partial charge in [0.25, 0.3) is 5.91 Å². The number of carbonyl (C=O) groups is 2. The third kappa shape index (κ3) is 7.56. The Bertz CT molecular complexity index is 881. The van der Waals surface area contributed by atoms with E-state index in [0.717, 1.165) is 5.56 Å². The molecule has 2 amide bonds. The van der Waals surface area contributed by atoms with Crippen LogP contribution in [0.1, 0.15) is 58.1 Å². The van der Waals surface area contributed by atoms with Crippen molar-refractivity contribution in [3.8, 4) is 5.75 Å². The Balaban J connectivity index is 2.18. The van der Waals surface area contributed by atoms with Crippen LogP contribution in [0.3, 0.4) is 0 Å². The summed E-state index contributed by atoms with van der Waals surface area (Å²) in [6.45, 7) is 10.9. The minimum absolute atomic E-state index is 0.153. The molecule has 0 bridgehead atoms. The number of hydrogen-bond donors (Lipinski definition) is 1. The molecule has 0 saturated carbocycles. The molecule has 1 N–H and O–H groups in total. The highest BCUT2D eigenvalue weighted by Gasteiger charge is 2.29. The molecule has 0 spiro atoms. The molecule has 2 aromatic carbocycles. The first-order valence-electron chi connectivity index (χ1n) is 11.3. The Kier molecular flexibility index (Phi) is 10.0. The van der Waals surface area contributed by atoms with Gasteiger partial charge in [-0.3, -0.25) is 9.59 Å². The van der Waals surface area contributed by atoms with Crippen molar-refractivity contribution in [1.82, 2.24) is 10.2 Å². The summed E-state index contributed by atoms with van der Waals surface area (Å²) in [5, 5.41) is 3.52. The molecule has 2 aromatic rings. The quantitative estimate of drug-likeness (QED) is 0.489. The highest BCUT2D eigenvalue weighted by Crippen LogP contribution is 2.21. The lowest BCUT2D eigenvalue weighted by Crippen LogP contribution is -2.50. The van der Waals surface area contributed by atoms with Gasteiger partial charge in [-0.25, -0.2) is 0 Å². The molecule has 0 aliphatic carbocycles. The van der Waals surface area contributed by atoms with Crippen molar-refractivity contribution < 1.29 is 14.3 Å². The Morgan fingerprint density at radius 2 is 1.69 bits per heavy atom. The summed E-state index contributed by atoms with van der Waals surface area (Å²) >= 11 is 6.35. The maximum absolute atomic E-state index is 13.2. The van der Waals surface area contributed by atoms with Crippen LogP contribution in [0, 0.1) is 5.92 Å². The Morgan fingerprint density at radius 1 is 1.03 bits per heavy atom. The lowest BCUT2D eigenvalue weighted by Gasteiger charge is -2.31. The summed E-state index contributed by atoms with van der Waals surface area (Å²) in [6.07, 6.45) is 0.489. The highest BCUT2D eigenvalue weighted by molar-refractivity contribution is 6.31. The van der Waals surface area contributed by atoms with E-state index >= 15 is 0 Å². The van der Waals surface area contributed by atoms with Gasteiger partial charge in [-0.05, 0) is 47.6 Å². The van der Waals surface area contributed by atoms with Gasteiger partial charge in [0.15, 0.2) is 6.61 Å². The second-order valence-electron chi connectivity index (χ2n) is 8.69. The number of carbonyl (C=O) groups excluding carboxylic acids is 2. The molecule has 0 heterocycles. The van der Waals surface area contributed by atoms with Crippen LogP contribution >= 0.6 is 11.6 Å². The molecule has 0 aromatic heterocycles. The summed E-state index contributed by atoms with van der Waals surface area (Å²) in [4.78, 5) is 27.7. The molecule has 2 rings (SSSR count). The van der Waals surface area contributed by atoms with Gasteiger partial charge in [-0.2, -0.15) is 0 Å². The summed E-state index contributed by atoms with van der Waals surface area (Å²) in [5.74, 6) is 0.942. The minimum atomic E-state index is -0.607. The zero-order valence-electron chi connectivity index (χ0n) is 19.7. The van der Waals surface area contributed by atoms with Gasteiger partial charge < -0.3 is 15.0 Å². The van der Waals surface area contributed by atoms with Crippen LogP contribution < -0.4 is 10.1 Å². The fraction of sp³-hybridized carbons (Fsp3) is 0.462. The van der Waals surface area contributed by atoms with Crippen molar-refractivity contribution >= 4 is 23.4 Å². The van der Waals surface area contributed by atoms with Crippen molar-refractivity contribution in [2.24, 2.45) is 5.92 Å². The normalized spacial score (nSPS) is 12.0. The summed E-state index contributed by atoms with van der Waals surface area (Å²) in [6, 6.07) is 14.5. The average molecular weight is 459 g/mol. The molecular weight excluding hydrogens is 424 g/mol. The van der Waals surface area contributed by atoms with Crippen molar-refractivity contribution in [3.63, 3.8) is 0 Å². The molecular formula is C26H35ClN2O3. The minimum Gasteiger partial charge on any atom is -0.484 e. The van der Waals surface area contributed by atoms with E-state index in [1.165, 1.54) is 5.56 Å². The van der Waals surface area contributed by atoms with Gasteiger partial charge in [0, 0.05) is 18.1 Å². The topological polar surface area (TPSA) is 58.6 Å². The maximum atomic E-state index is 13.2. The number of hydrogen-bond acceptors (Lipinski definition) is 3. The van der Waals surface area contributed by atoms with Crippen molar-refractivity contribution in [2.45, 2.75) is 59.5 Å². The molecule has 1 atom stereocenters. The lowest BCUT2D eigenvalue weighted by atomic mass is 10.0. The number of amides is 2. The molecule has 32 heavy (non-hydrogen) atoms. The third-order valence-corrected chi connectivity index (χ3v) is 5.65. The smallest absolute Gasteiger partial charge is 0.261 e. The number of nitrogens with zero attached hydrogens (tertiary/aromatic N) is 1. The Hall–Kier alpha value is -2.53. The van der Waals surface area contributed by atoms with Crippen LogP contribution in [0.5, 0.6) is 5.75 Å². The third-order valence-electron chi connectivity index (χ3n) is 5.28. The largest absolute Gasteiger partial charge is 0.484 e. The predicted molar refractivity (Wildman–Crippen MR) is 130 cm³/mol. The van der Waals surface area contributed by atoms with Gasteiger partial charge in [-0.15, -0.1) is 0 Å². The molecule has 0 aliphatic rings. The predicted octanol–water partition coefficient (Wildman–Crippen LogP) is 5.42. The lowest BCUT2D eigenvalue weighted by molar-refractivity contribution is -0.143. The number of rotatable bonds is 11. The van der Waals surface area contributed by atoms with E-state index in [2.05, 4.69) is 19.2 Å². The average Bonchev–Trinajstić information content (AvgIpc) is 2.77. The van der Waals surface area contributed by atoms with Crippen LogP contribution in [-0.2, 0) is 16.1 Å². The van der Waals surface area contributed by atoms with E-state index in [9.17, 15) is 9.59 Å². The van der Waals surface area contributed by atoms with E-state index in [0.29, 0.717) is 35.6 Å². The van der Waals surface area contributed by atoms with Crippen LogP contribution in [0.15, 0.2) is 48.5 Å². The number of halogens is 1. The zero-order chi connectivity index (χ0) is 23.7. The monoisotopic (exact) mass is 458 g/mol. The first-order valence-corrected chi connectivity index (χ1v) is 11.6. The van der Waals surface area contributed by atoms with Crippen LogP contribution in [0.4, 0.5) is 0 Å². The summed E-state index contributed by atoms with van der Waals surface area (Å²) < 4.78 is 5.77. The van der Waals surface area contributed by atoms with Gasteiger partial charge in [0.2, 0.25) is 5.91 Å². The Morgan fingerprint density at radius 3 is 2.25 bits per heavy atom. The van der Waals surface area contributed by atoms with E-state index in [1.807, 2.05) is 63.2 Å². The standard InChI is InChI=1S/C26H35ClN2O3/c1-6-24(26(31)28-15-18(2)3)29(16-21-9-7-8-10-23(21)27)25(30)17-32-22-13-11-20(12-14-22)19(4)5/h7-14,18-19,24H,6,15-17H2,1-5H3,(H,28,31)/t24-/m0/s1. The van der Waals surface area contributed by atoms with Gasteiger partial charge in [-0.1, -0.05) is 76.6 Å². The second-order valence-corrected chi connectivity index (χ2v) is 9.10. The van der Waals surface area contributed by atoms with E-state index in [1.54, 1.807) is 11.0 Å². The summed E-state index contributed by atoms with van der Waals surface area (Å²) in [5.41, 5.74) is 2.00. The molecule has 0 unspecified atom stereocenters. The molecule has 6 heteroatoms. The molecule has 0 aliphatic heterocycles. The van der Waals surface area contributed by atoms with Gasteiger partial charge in [0.1, 0.15) is 11.8 Å². The highest BCUT2D eigenvalue weighted by atomic mass is 35.5. The van der Waals surface area contributed by atoms with Crippen LogP contribution in [0.2, 0.25) is 5.02 Å². The maximum Gasteiger partial charge on any atom is 0.261 e. The van der Waals surface area contributed by atoms with Crippen molar-refractivity contribution in [2.75, 3.05) is 13.2 Å². The van der Waals surface area contributed by atoms with Crippen LogP contribution in [-0.4, -0.2) is 35.9 Å². The van der Waals surface area contributed by atoms with E-state index in [-0.39, 0.29) is 25.0 Å². The second kappa shape index (κ2) is 12.5.